The number of nitrogens with two attached hydrogens (primary N) is 1. The summed E-state index contributed by atoms with van der Waals surface area (Å²) in [6.07, 6.45) is 0.866. The molecule has 27 heavy (non-hydrogen) atoms. The number of phenols is 1. The molecule has 0 fully saturated rings. The average Bonchev–Trinajstić information content (AvgIpc) is 3.10. The number of benzene rings is 3. The molecule has 5 nitrogen and oxygen atoms in total. The molecule has 0 unspecified atom stereocenters. The predicted molar refractivity (Wildman–Crippen MR) is 111 cm³/mol. The first-order valence-corrected chi connectivity index (χ1v) is 9.20. The maximum absolute atomic E-state index is 10.4. The highest BCUT2D eigenvalue weighted by Crippen LogP contribution is 2.33. The molecule has 0 aliphatic heterocycles. The first-order valence-electron chi connectivity index (χ1n) is 9.20. The lowest BCUT2D eigenvalue weighted by molar-refractivity contribution is 0.476. The van der Waals surface area contributed by atoms with Gasteiger partial charge in [0.25, 0.3) is 0 Å². The number of rotatable bonds is 3. The molecule has 0 spiro atoms. The molecule has 1 heterocycles. The molecule has 4 aromatic rings. The van der Waals surface area contributed by atoms with Gasteiger partial charge in [0.2, 0.25) is 5.95 Å². The summed E-state index contributed by atoms with van der Waals surface area (Å²) >= 11 is 0. The number of phenolic OH excluding ortho intramolecular Hbond substituents is 1. The Morgan fingerprint density at radius 1 is 0.963 bits per heavy atom. The van der Waals surface area contributed by atoms with Gasteiger partial charge in [-0.05, 0) is 35.6 Å². The van der Waals surface area contributed by atoms with E-state index in [9.17, 15) is 5.11 Å². The highest BCUT2D eigenvalue weighted by atomic mass is 16.3. The molecular formula is C22H24N4O. The van der Waals surface area contributed by atoms with Gasteiger partial charge in [0.1, 0.15) is 5.75 Å². The van der Waals surface area contributed by atoms with Crippen LogP contribution in [0.5, 0.6) is 5.75 Å². The summed E-state index contributed by atoms with van der Waals surface area (Å²) in [5.74, 6) is 0.973. The van der Waals surface area contributed by atoms with Gasteiger partial charge >= 0.3 is 0 Å². The van der Waals surface area contributed by atoms with Crippen LogP contribution < -0.4 is 5.73 Å². The summed E-state index contributed by atoms with van der Waals surface area (Å²) in [4.78, 5) is 0. The molecule has 0 radical (unpaired) electrons. The van der Waals surface area contributed by atoms with E-state index in [1.807, 2.05) is 68.4 Å². The number of aromatic hydroxyl groups is 1. The van der Waals surface area contributed by atoms with Crippen LogP contribution in [0, 0.1) is 0 Å². The molecule has 1 aromatic heterocycles. The van der Waals surface area contributed by atoms with Crippen LogP contribution in [0.2, 0.25) is 0 Å². The van der Waals surface area contributed by atoms with Crippen LogP contribution in [0.25, 0.3) is 27.8 Å². The fourth-order valence-corrected chi connectivity index (χ4v) is 3.09. The summed E-state index contributed by atoms with van der Waals surface area (Å²) in [6.45, 7) is 6.07. The first-order chi connectivity index (χ1) is 13.2. The minimum atomic E-state index is 0.158. The summed E-state index contributed by atoms with van der Waals surface area (Å²) < 4.78 is 1.79. The van der Waals surface area contributed by atoms with Crippen molar-refractivity contribution >= 4 is 16.7 Å². The van der Waals surface area contributed by atoms with E-state index in [0.717, 1.165) is 28.4 Å². The Labute approximate surface area is 159 Å². The molecule has 0 aliphatic rings. The zero-order chi connectivity index (χ0) is 19.4. The summed E-state index contributed by atoms with van der Waals surface area (Å²) in [6, 6.07) is 19.6. The van der Waals surface area contributed by atoms with Crippen molar-refractivity contribution in [3.8, 4) is 22.8 Å². The molecule has 5 heteroatoms. The maximum atomic E-state index is 10.4. The van der Waals surface area contributed by atoms with Crippen LogP contribution in [0.15, 0.2) is 60.7 Å². The van der Waals surface area contributed by atoms with Gasteiger partial charge in [-0.25, -0.2) is 0 Å². The lowest BCUT2D eigenvalue weighted by Gasteiger charge is -2.13. The molecular weight excluding hydrogens is 336 g/mol. The lowest BCUT2D eigenvalue weighted by atomic mass is 10.1. The van der Waals surface area contributed by atoms with Crippen molar-refractivity contribution in [2.24, 2.45) is 0 Å². The minimum absolute atomic E-state index is 0.158. The van der Waals surface area contributed by atoms with E-state index in [4.69, 9.17) is 5.73 Å². The number of aromatic nitrogens is 3. The van der Waals surface area contributed by atoms with Gasteiger partial charge < -0.3 is 10.8 Å². The SMILES string of the molecule is CC.CCc1ccc(O)c(-c2nnc(N)n2-c2cccc3ccccc23)c1. The Morgan fingerprint density at radius 3 is 2.48 bits per heavy atom. The third-order valence-corrected chi connectivity index (χ3v) is 4.41. The molecule has 0 bridgehead atoms. The Balaban J connectivity index is 0.00000102. The second-order valence-electron chi connectivity index (χ2n) is 5.92. The molecule has 0 saturated carbocycles. The van der Waals surface area contributed by atoms with Crippen molar-refractivity contribution in [2.75, 3.05) is 5.73 Å². The largest absolute Gasteiger partial charge is 0.507 e. The normalized spacial score (nSPS) is 10.5. The number of hydrogen-bond acceptors (Lipinski definition) is 4. The summed E-state index contributed by atoms with van der Waals surface area (Å²) in [5, 5.41) is 20.8. The Bertz CT molecular complexity index is 1060. The topological polar surface area (TPSA) is 77.0 Å². The van der Waals surface area contributed by atoms with E-state index in [1.165, 1.54) is 0 Å². The molecule has 138 valence electrons. The van der Waals surface area contributed by atoms with Crippen LogP contribution in [0.1, 0.15) is 26.3 Å². The van der Waals surface area contributed by atoms with E-state index < -0.39 is 0 Å². The second-order valence-corrected chi connectivity index (χ2v) is 5.92. The standard InChI is InChI=1S/C20H18N4O.C2H6/c1-2-13-10-11-18(25)16(12-13)19-22-23-20(21)24(19)17-9-5-7-14-6-3-4-8-15(14)17;1-2/h3-12,25H,2H2,1H3,(H2,21,23);1-2H3. The van der Waals surface area contributed by atoms with E-state index in [2.05, 4.69) is 17.1 Å². The number of anilines is 1. The molecule has 4 rings (SSSR count). The first kappa shape index (κ1) is 18.5. The van der Waals surface area contributed by atoms with Gasteiger partial charge in [0.15, 0.2) is 5.82 Å². The number of aryl methyl sites for hydroxylation is 1. The van der Waals surface area contributed by atoms with Gasteiger partial charge in [0.05, 0.1) is 11.3 Å². The summed E-state index contributed by atoms with van der Waals surface area (Å²) in [7, 11) is 0. The Morgan fingerprint density at radius 2 is 1.70 bits per heavy atom. The molecule has 0 atom stereocenters. The van der Waals surface area contributed by atoms with E-state index in [1.54, 1.807) is 10.6 Å². The monoisotopic (exact) mass is 360 g/mol. The number of nitrogen functional groups attached to an aromatic ring is 1. The van der Waals surface area contributed by atoms with Crippen molar-refractivity contribution in [1.29, 1.82) is 0 Å². The smallest absolute Gasteiger partial charge is 0.226 e. The zero-order valence-electron chi connectivity index (χ0n) is 15.8. The Kier molecular flexibility index (Phi) is 5.41. The highest BCUT2D eigenvalue weighted by molar-refractivity contribution is 5.91. The van der Waals surface area contributed by atoms with Crippen LogP contribution in [-0.4, -0.2) is 19.9 Å². The second kappa shape index (κ2) is 7.91. The third kappa shape index (κ3) is 3.36. The van der Waals surface area contributed by atoms with Gasteiger partial charge in [-0.15, -0.1) is 10.2 Å². The zero-order valence-corrected chi connectivity index (χ0v) is 15.8. The third-order valence-electron chi connectivity index (χ3n) is 4.41. The summed E-state index contributed by atoms with van der Waals surface area (Å²) in [5.41, 5.74) is 8.75. The number of fused-ring (bicyclic) bond motifs is 1. The van der Waals surface area contributed by atoms with Gasteiger partial charge in [-0.2, -0.15) is 0 Å². The van der Waals surface area contributed by atoms with Crippen LogP contribution >= 0.6 is 0 Å². The number of hydrogen-bond donors (Lipinski definition) is 2. The van der Waals surface area contributed by atoms with Gasteiger partial charge in [-0.3, -0.25) is 4.57 Å². The van der Waals surface area contributed by atoms with Crippen LogP contribution in [-0.2, 0) is 6.42 Å². The maximum Gasteiger partial charge on any atom is 0.226 e. The van der Waals surface area contributed by atoms with Crippen LogP contribution in [0.4, 0.5) is 5.95 Å². The van der Waals surface area contributed by atoms with Gasteiger partial charge in [-0.1, -0.05) is 63.2 Å². The van der Waals surface area contributed by atoms with Crippen molar-refractivity contribution < 1.29 is 5.11 Å². The fourth-order valence-electron chi connectivity index (χ4n) is 3.09. The lowest BCUT2D eigenvalue weighted by Crippen LogP contribution is -2.03. The Hall–Kier alpha value is -3.34. The van der Waals surface area contributed by atoms with Gasteiger partial charge in [0, 0.05) is 5.39 Å². The molecule has 0 amide bonds. The van der Waals surface area contributed by atoms with E-state index in [-0.39, 0.29) is 11.7 Å². The molecule has 3 N–H and O–H groups in total. The molecule has 0 saturated heterocycles. The van der Waals surface area contributed by atoms with Crippen molar-refractivity contribution in [2.45, 2.75) is 27.2 Å². The molecule has 0 aliphatic carbocycles. The quantitative estimate of drug-likeness (QED) is 0.541. The fraction of sp³-hybridized carbons (Fsp3) is 0.182. The van der Waals surface area contributed by atoms with Crippen LogP contribution in [0.3, 0.4) is 0 Å². The number of nitrogens with zero attached hydrogens (tertiary/aromatic N) is 3. The van der Waals surface area contributed by atoms with Crippen molar-refractivity contribution in [1.82, 2.24) is 14.8 Å². The van der Waals surface area contributed by atoms with E-state index >= 15 is 0 Å². The van der Waals surface area contributed by atoms with Crippen molar-refractivity contribution in [3.05, 3.63) is 66.2 Å². The highest BCUT2D eigenvalue weighted by Gasteiger charge is 2.18. The molecule has 3 aromatic carbocycles. The van der Waals surface area contributed by atoms with E-state index in [0.29, 0.717) is 11.4 Å². The predicted octanol–water partition coefficient (Wildman–Crippen LogP) is 4.96. The van der Waals surface area contributed by atoms with Crippen molar-refractivity contribution in [3.63, 3.8) is 0 Å². The minimum Gasteiger partial charge on any atom is -0.507 e. The average molecular weight is 360 g/mol.